The summed E-state index contributed by atoms with van der Waals surface area (Å²) in [5.74, 6) is -0.320. The van der Waals surface area contributed by atoms with Crippen LogP contribution in [0, 0.1) is 6.92 Å². The summed E-state index contributed by atoms with van der Waals surface area (Å²) < 4.78 is 31.6. The third-order valence-electron chi connectivity index (χ3n) is 3.39. The zero-order valence-corrected chi connectivity index (χ0v) is 14.7. The van der Waals surface area contributed by atoms with Gasteiger partial charge in [0.25, 0.3) is 5.91 Å². The van der Waals surface area contributed by atoms with Crippen molar-refractivity contribution < 1.29 is 17.9 Å². The number of carbonyl (C=O) groups is 1. The van der Waals surface area contributed by atoms with E-state index in [1.165, 1.54) is 15.6 Å². The van der Waals surface area contributed by atoms with E-state index in [0.29, 0.717) is 18.0 Å². The fraction of sp³-hybridized carbons (Fsp3) is 0.643. The molecule has 1 aliphatic heterocycles. The summed E-state index contributed by atoms with van der Waals surface area (Å²) in [6, 6.07) is 3.61. The lowest BCUT2D eigenvalue weighted by molar-refractivity contribution is -0.0440. The van der Waals surface area contributed by atoms with Crippen molar-refractivity contribution in [2.24, 2.45) is 0 Å². The largest absolute Gasteiger partial charge is 0.373 e. The molecule has 1 saturated heterocycles. The van der Waals surface area contributed by atoms with Crippen molar-refractivity contribution in [3.05, 3.63) is 21.9 Å². The van der Waals surface area contributed by atoms with Crippen LogP contribution in [-0.4, -0.2) is 56.2 Å². The Labute approximate surface area is 135 Å². The SMILES string of the molecule is Cc1ccc(C(=O)NCCS(=O)(=O)N2CC(C)OC(C)C2)s1. The first-order chi connectivity index (χ1) is 10.3. The molecular formula is C14H22N2O4S2. The Hall–Kier alpha value is -0.960. The molecule has 1 amide bonds. The average Bonchev–Trinajstić information content (AvgIpc) is 2.84. The van der Waals surface area contributed by atoms with Crippen LogP contribution < -0.4 is 5.32 Å². The number of nitrogens with zero attached hydrogens (tertiary/aromatic N) is 1. The highest BCUT2D eigenvalue weighted by Gasteiger charge is 2.30. The van der Waals surface area contributed by atoms with Gasteiger partial charge in [-0.2, -0.15) is 4.31 Å². The molecule has 1 N–H and O–H groups in total. The van der Waals surface area contributed by atoms with Crippen LogP contribution in [0.25, 0.3) is 0 Å². The van der Waals surface area contributed by atoms with E-state index in [4.69, 9.17) is 4.74 Å². The van der Waals surface area contributed by atoms with Crippen molar-refractivity contribution in [3.63, 3.8) is 0 Å². The molecule has 0 aliphatic carbocycles. The molecule has 8 heteroatoms. The van der Waals surface area contributed by atoms with E-state index in [1.807, 2.05) is 26.8 Å². The average molecular weight is 346 g/mol. The molecular weight excluding hydrogens is 324 g/mol. The van der Waals surface area contributed by atoms with Gasteiger partial charge >= 0.3 is 0 Å². The summed E-state index contributed by atoms with van der Waals surface area (Å²) in [4.78, 5) is 13.5. The standard InChI is InChI=1S/C14H22N2O4S2/c1-10-8-16(9-11(2)20-10)22(18,19)7-6-15-14(17)13-5-4-12(3)21-13/h4-5,10-11H,6-9H2,1-3H3,(H,15,17). The maximum atomic E-state index is 12.3. The van der Waals surface area contributed by atoms with Crippen LogP contribution in [0.4, 0.5) is 0 Å². The third-order valence-corrected chi connectivity index (χ3v) is 6.19. The number of ether oxygens (including phenoxy) is 1. The molecule has 6 nitrogen and oxygen atoms in total. The van der Waals surface area contributed by atoms with Crippen molar-refractivity contribution in [2.75, 3.05) is 25.4 Å². The third kappa shape index (κ3) is 4.52. The molecule has 2 atom stereocenters. The molecule has 2 rings (SSSR count). The summed E-state index contributed by atoms with van der Waals surface area (Å²) >= 11 is 1.39. The molecule has 22 heavy (non-hydrogen) atoms. The van der Waals surface area contributed by atoms with Crippen LogP contribution in [-0.2, 0) is 14.8 Å². The van der Waals surface area contributed by atoms with E-state index in [2.05, 4.69) is 5.32 Å². The molecule has 0 saturated carbocycles. The molecule has 1 aromatic rings. The number of thiophene rings is 1. The van der Waals surface area contributed by atoms with Crippen LogP contribution in [0.1, 0.15) is 28.4 Å². The van der Waals surface area contributed by atoms with Gasteiger partial charge in [0.05, 0.1) is 22.8 Å². The second-order valence-corrected chi connectivity index (χ2v) is 8.93. The minimum Gasteiger partial charge on any atom is -0.373 e. The van der Waals surface area contributed by atoms with Gasteiger partial charge in [-0.15, -0.1) is 11.3 Å². The Kier molecular flexibility index (Phi) is 5.60. The minimum absolute atomic E-state index is 0.0947. The molecule has 124 valence electrons. The molecule has 2 unspecified atom stereocenters. The maximum Gasteiger partial charge on any atom is 0.261 e. The van der Waals surface area contributed by atoms with Crippen molar-refractivity contribution in [2.45, 2.75) is 33.0 Å². The number of amides is 1. The second-order valence-electron chi connectivity index (χ2n) is 5.56. The summed E-state index contributed by atoms with van der Waals surface area (Å²) in [6.45, 7) is 6.48. The number of hydrogen-bond donors (Lipinski definition) is 1. The lowest BCUT2D eigenvalue weighted by atomic mass is 10.3. The van der Waals surface area contributed by atoms with Crippen LogP contribution in [0.5, 0.6) is 0 Å². The Bertz CT molecular complexity index is 617. The summed E-state index contributed by atoms with van der Waals surface area (Å²) in [6.07, 6.45) is -0.218. The molecule has 2 heterocycles. The highest BCUT2D eigenvalue weighted by molar-refractivity contribution is 7.89. The van der Waals surface area contributed by atoms with E-state index in [9.17, 15) is 13.2 Å². The number of nitrogens with one attached hydrogen (secondary N) is 1. The van der Waals surface area contributed by atoms with E-state index in [0.717, 1.165) is 4.88 Å². The predicted molar refractivity (Wildman–Crippen MR) is 86.8 cm³/mol. The lowest BCUT2D eigenvalue weighted by Crippen LogP contribution is -2.49. The van der Waals surface area contributed by atoms with E-state index in [1.54, 1.807) is 6.07 Å². The number of carbonyl (C=O) groups excluding carboxylic acids is 1. The van der Waals surface area contributed by atoms with Crippen molar-refractivity contribution in [3.8, 4) is 0 Å². The quantitative estimate of drug-likeness (QED) is 0.870. The van der Waals surface area contributed by atoms with Gasteiger partial charge in [0.2, 0.25) is 10.0 Å². The van der Waals surface area contributed by atoms with Gasteiger partial charge in [0, 0.05) is 24.5 Å². The van der Waals surface area contributed by atoms with Gasteiger partial charge in [0.1, 0.15) is 0 Å². The normalized spacial score (nSPS) is 23.4. The molecule has 1 aromatic heterocycles. The lowest BCUT2D eigenvalue weighted by Gasteiger charge is -2.34. The molecule has 1 fully saturated rings. The smallest absolute Gasteiger partial charge is 0.261 e. The van der Waals surface area contributed by atoms with Gasteiger partial charge in [-0.25, -0.2) is 8.42 Å². The van der Waals surface area contributed by atoms with Crippen molar-refractivity contribution in [1.82, 2.24) is 9.62 Å². The zero-order valence-electron chi connectivity index (χ0n) is 13.0. The summed E-state index contributed by atoms with van der Waals surface area (Å²) in [5.41, 5.74) is 0. The first-order valence-corrected chi connectivity index (χ1v) is 9.68. The second kappa shape index (κ2) is 7.08. The molecule has 1 aliphatic rings. The number of aryl methyl sites for hydroxylation is 1. The first kappa shape index (κ1) is 17.4. The van der Waals surface area contributed by atoms with Gasteiger partial charge < -0.3 is 10.1 Å². The number of rotatable bonds is 5. The maximum absolute atomic E-state index is 12.3. The summed E-state index contributed by atoms with van der Waals surface area (Å²) in [7, 11) is -3.38. The molecule has 0 bridgehead atoms. The number of morpholine rings is 1. The van der Waals surface area contributed by atoms with E-state index < -0.39 is 10.0 Å². The molecule has 0 radical (unpaired) electrons. The van der Waals surface area contributed by atoms with Gasteiger partial charge in [-0.1, -0.05) is 0 Å². The minimum atomic E-state index is -3.38. The highest BCUT2D eigenvalue weighted by atomic mass is 32.2. The Morgan fingerprint density at radius 1 is 1.36 bits per heavy atom. The van der Waals surface area contributed by atoms with Gasteiger partial charge in [-0.3, -0.25) is 4.79 Å². The molecule has 0 spiro atoms. The molecule has 0 aromatic carbocycles. The van der Waals surface area contributed by atoms with Crippen LogP contribution in [0.3, 0.4) is 0 Å². The Morgan fingerprint density at radius 3 is 2.55 bits per heavy atom. The zero-order chi connectivity index (χ0) is 16.3. The first-order valence-electron chi connectivity index (χ1n) is 7.26. The fourth-order valence-corrected chi connectivity index (χ4v) is 4.70. The number of hydrogen-bond acceptors (Lipinski definition) is 5. The van der Waals surface area contributed by atoms with E-state index in [-0.39, 0.29) is 30.4 Å². The fourth-order valence-electron chi connectivity index (χ4n) is 2.42. The van der Waals surface area contributed by atoms with Crippen LogP contribution >= 0.6 is 11.3 Å². The Morgan fingerprint density at radius 2 is 2.00 bits per heavy atom. The predicted octanol–water partition coefficient (Wildman–Crippen LogP) is 1.23. The van der Waals surface area contributed by atoms with Gasteiger partial charge in [-0.05, 0) is 32.9 Å². The highest BCUT2D eigenvalue weighted by Crippen LogP contribution is 2.16. The topological polar surface area (TPSA) is 75.7 Å². The van der Waals surface area contributed by atoms with E-state index >= 15 is 0 Å². The van der Waals surface area contributed by atoms with Crippen molar-refractivity contribution in [1.29, 1.82) is 0 Å². The van der Waals surface area contributed by atoms with Crippen molar-refractivity contribution >= 4 is 27.3 Å². The Balaban J connectivity index is 1.86. The summed E-state index contributed by atoms with van der Waals surface area (Å²) in [5, 5.41) is 2.66. The van der Waals surface area contributed by atoms with Crippen LogP contribution in [0.2, 0.25) is 0 Å². The van der Waals surface area contributed by atoms with Gasteiger partial charge in [0.15, 0.2) is 0 Å². The van der Waals surface area contributed by atoms with Crippen LogP contribution in [0.15, 0.2) is 12.1 Å². The monoisotopic (exact) mass is 346 g/mol. The number of sulfonamides is 1.